The Morgan fingerprint density at radius 1 is 1.04 bits per heavy atom. The third-order valence-electron chi connectivity index (χ3n) is 4.28. The minimum atomic E-state index is -3.16. The van der Waals surface area contributed by atoms with Crippen LogP contribution in [-0.2, 0) is 31.5 Å². The number of carbonyl (C=O) groups is 3. The van der Waals surface area contributed by atoms with Crippen LogP contribution < -0.4 is 5.32 Å². The molecule has 7 nitrogen and oxygen atoms in total. The summed E-state index contributed by atoms with van der Waals surface area (Å²) in [6, 6.07) is 11.0. The van der Waals surface area contributed by atoms with Crippen LogP contribution >= 0.6 is 0 Å². The van der Waals surface area contributed by atoms with Crippen molar-refractivity contribution in [1.29, 1.82) is 0 Å². The van der Waals surface area contributed by atoms with Crippen LogP contribution in [0.2, 0.25) is 0 Å². The molecule has 8 heteroatoms. The monoisotopic (exact) mass is 401 g/mol. The number of esters is 1. The predicted molar refractivity (Wildman–Crippen MR) is 103 cm³/mol. The Balaban J connectivity index is 1.60. The Morgan fingerprint density at radius 2 is 1.71 bits per heavy atom. The average Bonchev–Trinajstić information content (AvgIpc) is 2.64. The molecule has 3 rings (SSSR count). The van der Waals surface area contributed by atoms with Crippen molar-refractivity contribution < 1.29 is 27.5 Å². The molecule has 146 valence electrons. The molecule has 28 heavy (non-hydrogen) atoms. The molecule has 1 aliphatic rings. The number of nitrogens with one attached hydrogen (secondary N) is 1. The van der Waals surface area contributed by atoms with E-state index in [0.29, 0.717) is 29.7 Å². The van der Waals surface area contributed by atoms with Gasteiger partial charge in [-0.2, -0.15) is 0 Å². The topological polar surface area (TPSA) is 107 Å². The molecule has 2 aromatic carbocycles. The van der Waals surface area contributed by atoms with Gasteiger partial charge in [-0.3, -0.25) is 9.59 Å². The second-order valence-electron chi connectivity index (χ2n) is 6.69. The minimum absolute atomic E-state index is 0.0527. The van der Waals surface area contributed by atoms with Gasteiger partial charge in [0.05, 0.1) is 11.3 Å². The number of carbonyl (C=O) groups excluding carboxylic acids is 3. The highest BCUT2D eigenvalue weighted by Crippen LogP contribution is 2.23. The Morgan fingerprint density at radius 3 is 2.39 bits per heavy atom. The van der Waals surface area contributed by atoms with Crippen LogP contribution in [0.1, 0.15) is 38.3 Å². The van der Waals surface area contributed by atoms with Gasteiger partial charge in [-0.25, -0.2) is 13.2 Å². The highest BCUT2D eigenvalue weighted by atomic mass is 32.2. The number of benzene rings is 2. The van der Waals surface area contributed by atoms with Crippen molar-refractivity contribution in [3.05, 3.63) is 64.7 Å². The van der Waals surface area contributed by atoms with Gasteiger partial charge >= 0.3 is 5.97 Å². The number of hydrogen-bond acceptors (Lipinski definition) is 6. The number of hydrogen-bond donors (Lipinski definition) is 1. The summed E-state index contributed by atoms with van der Waals surface area (Å²) in [6.45, 7) is -0.408. The first-order chi connectivity index (χ1) is 13.2. The number of amides is 1. The molecule has 2 aromatic rings. The number of Topliss-reactive ketones (excluding diaryl/α,β-unsaturated/α-hetero) is 1. The number of anilines is 1. The van der Waals surface area contributed by atoms with Crippen LogP contribution in [0.5, 0.6) is 0 Å². The predicted octanol–water partition coefficient (Wildman–Crippen LogP) is 2.16. The van der Waals surface area contributed by atoms with Crippen molar-refractivity contribution in [1.82, 2.24) is 0 Å². The summed E-state index contributed by atoms with van der Waals surface area (Å²) in [5, 5.41) is 2.74. The van der Waals surface area contributed by atoms with Crippen molar-refractivity contribution in [3.63, 3.8) is 0 Å². The molecule has 0 saturated carbocycles. The van der Waals surface area contributed by atoms with E-state index in [4.69, 9.17) is 4.74 Å². The van der Waals surface area contributed by atoms with Crippen LogP contribution in [0.25, 0.3) is 0 Å². The van der Waals surface area contributed by atoms with E-state index in [2.05, 4.69) is 5.32 Å². The SMILES string of the molecule is CS(=O)(=O)Cc1ccc(C(=O)OCC(=O)c2ccc3c(c2)CCC(=O)N3)cc1. The number of rotatable bonds is 6. The van der Waals surface area contributed by atoms with Crippen molar-refractivity contribution in [2.75, 3.05) is 18.2 Å². The average molecular weight is 401 g/mol. The largest absolute Gasteiger partial charge is 0.454 e. The maximum Gasteiger partial charge on any atom is 0.338 e. The molecule has 0 spiro atoms. The quantitative estimate of drug-likeness (QED) is 0.587. The van der Waals surface area contributed by atoms with Gasteiger partial charge < -0.3 is 10.1 Å². The Kier molecular flexibility index (Phi) is 5.60. The number of ether oxygens (including phenoxy) is 1. The summed E-state index contributed by atoms with van der Waals surface area (Å²) in [6.07, 6.45) is 2.06. The van der Waals surface area contributed by atoms with E-state index in [9.17, 15) is 22.8 Å². The zero-order valence-corrected chi connectivity index (χ0v) is 16.0. The summed E-state index contributed by atoms with van der Waals surface area (Å²) in [5.41, 5.74) is 2.78. The van der Waals surface area contributed by atoms with Gasteiger partial charge in [0.15, 0.2) is 22.2 Å². The number of fused-ring (bicyclic) bond motifs is 1. The molecule has 0 atom stereocenters. The lowest BCUT2D eigenvalue weighted by atomic mass is 9.99. The second-order valence-corrected chi connectivity index (χ2v) is 8.83. The minimum Gasteiger partial charge on any atom is -0.454 e. The molecular formula is C20H19NO6S. The van der Waals surface area contributed by atoms with Gasteiger partial charge in [0, 0.05) is 23.9 Å². The third-order valence-corrected chi connectivity index (χ3v) is 5.13. The van der Waals surface area contributed by atoms with E-state index >= 15 is 0 Å². The summed E-state index contributed by atoms with van der Waals surface area (Å²) >= 11 is 0. The molecule has 1 heterocycles. The van der Waals surface area contributed by atoms with Crippen LogP contribution in [-0.4, -0.2) is 38.9 Å². The van der Waals surface area contributed by atoms with E-state index in [0.717, 1.165) is 11.8 Å². The molecule has 0 aliphatic carbocycles. The Labute approximate surface area is 162 Å². The van der Waals surface area contributed by atoms with E-state index in [-0.39, 0.29) is 23.0 Å². The van der Waals surface area contributed by atoms with Crippen LogP contribution in [0.4, 0.5) is 5.69 Å². The molecule has 0 radical (unpaired) electrons. The fraction of sp³-hybridized carbons (Fsp3) is 0.250. The highest BCUT2D eigenvalue weighted by molar-refractivity contribution is 7.89. The van der Waals surface area contributed by atoms with Crippen LogP contribution in [0, 0.1) is 0 Å². The van der Waals surface area contributed by atoms with E-state index in [1.807, 2.05) is 0 Å². The molecular weight excluding hydrogens is 382 g/mol. The molecule has 0 aromatic heterocycles. The lowest BCUT2D eigenvalue weighted by molar-refractivity contribution is -0.116. The second kappa shape index (κ2) is 7.93. The van der Waals surface area contributed by atoms with Crippen molar-refractivity contribution in [2.24, 2.45) is 0 Å². The van der Waals surface area contributed by atoms with Crippen LogP contribution in [0.3, 0.4) is 0 Å². The molecule has 0 saturated heterocycles. The fourth-order valence-electron chi connectivity index (χ4n) is 2.89. The number of ketones is 1. The smallest absolute Gasteiger partial charge is 0.338 e. The van der Waals surface area contributed by atoms with E-state index in [1.165, 1.54) is 24.3 Å². The molecule has 1 amide bonds. The standard InChI is InChI=1S/C20H19NO6S/c1-28(25,26)12-13-2-4-14(5-3-13)20(24)27-11-18(22)16-6-8-17-15(10-16)7-9-19(23)21-17/h2-6,8,10H,7,9,11-12H2,1H3,(H,21,23). The summed E-state index contributed by atoms with van der Waals surface area (Å²) < 4.78 is 27.6. The Bertz CT molecular complexity index is 1040. The number of aryl methyl sites for hydroxylation is 1. The molecule has 1 aliphatic heterocycles. The lowest BCUT2D eigenvalue weighted by Crippen LogP contribution is -2.20. The molecule has 0 unspecified atom stereocenters. The summed E-state index contributed by atoms with van der Waals surface area (Å²) in [4.78, 5) is 35.8. The Hall–Kier alpha value is -3.00. The molecule has 0 bridgehead atoms. The summed E-state index contributed by atoms with van der Waals surface area (Å²) in [7, 11) is -3.16. The first-order valence-corrected chi connectivity index (χ1v) is 10.7. The van der Waals surface area contributed by atoms with Gasteiger partial charge in [-0.1, -0.05) is 12.1 Å². The van der Waals surface area contributed by atoms with Crippen molar-refractivity contribution >= 4 is 33.2 Å². The van der Waals surface area contributed by atoms with Crippen molar-refractivity contribution in [3.8, 4) is 0 Å². The van der Waals surface area contributed by atoms with E-state index < -0.39 is 22.4 Å². The van der Waals surface area contributed by atoms with Gasteiger partial charge in [0.2, 0.25) is 5.91 Å². The van der Waals surface area contributed by atoms with Crippen LogP contribution in [0.15, 0.2) is 42.5 Å². The zero-order valence-electron chi connectivity index (χ0n) is 15.2. The third kappa shape index (κ3) is 5.04. The van der Waals surface area contributed by atoms with Gasteiger partial charge in [-0.05, 0) is 47.9 Å². The maximum absolute atomic E-state index is 12.3. The fourth-order valence-corrected chi connectivity index (χ4v) is 3.69. The zero-order chi connectivity index (χ0) is 20.3. The van der Waals surface area contributed by atoms with Crippen molar-refractivity contribution in [2.45, 2.75) is 18.6 Å². The summed E-state index contributed by atoms with van der Waals surface area (Å²) in [5.74, 6) is -1.17. The van der Waals surface area contributed by atoms with Gasteiger partial charge in [-0.15, -0.1) is 0 Å². The first-order valence-electron chi connectivity index (χ1n) is 8.61. The molecule has 0 fully saturated rings. The van der Waals surface area contributed by atoms with Gasteiger partial charge in [0.25, 0.3) is 0 Å². The normalized spacial score (nSPS) is 13.4. The number of sulfone groups is 1. The van der Waals surface area contributed by atoms with Gasteiger partial charge in [0.1, 0.15) is 0 Å². The maximum atomic E-state index is 12.3. The molecule has 1 N–H and O–H groups in total. The lowest BCUT2D eigenvalue weighted by Gasteiger charge is -2.17. The van der Waals surface area contributed by atoms with E-state index in [1.54, 1.807) is 18.2 Å². The highest BCUT2D eigenvalue weighted by Gasteiger charge is 2.18. The first kappa shape index (κ1) is 19.8.